The van der Waals surface area contributed by atoms with Crippen LogP contribution >= 0.6 is 0 Å². The number of hydrogen-bond acceptors (Lipinski definition) is 5. The molecule has 1 aromatic carbocycles. The van der Waals surface area contributed by atoms with Crippen LogP contribution in [-0.2, 0) is 0 Å². The van der Waals surface area contributed by atoms with Crippen molar-refractivity contribution in [2.75, 3.05) is 59.4 Å². The summed E-state index contributed by atoms with van der Waals surface area (Å²) >= 11 is 0. The predicted molar refractivity (Wildman–Crippen MR) is 98.0 cm³/mol. The van der Waals surface area contributed by atoms with Crippen LogP contribution in [0.4, 0.5) is 10.5 Å². The smallest absolute Gasteiger partial charge is 0.321 e. The molecule has 0 atom stereocenters. The molecule has 2 rings (SSSR count). The average molecular weight is 351 g/mol. The number of nitrogens with one attached hydrogen (secondary N) is 1. The quantitative estimate of drug-likeness (QED) is 0.818. The third-order valence-electron chi connectivity index (χ3n) is 4.40. The van der Waals surface area contributed by atoms with Gasteiger partial charge in [0.25, 0.3) is 0 Å². The van der Waals surface area contributed by atoms with Crippen molar-refractivity contribution in [2.45, 2.75) is 19.8 Å². The number of rotatable bonds is 7. The zero-order valence-electron chi connectivity index (χ0n) is 15.6. The van der Waals surface area contributed by atoms with Gasteiger partial charge in [-0.3, -0.25) is 4.90 Å². The predicted octanol–water partition coefficient (Wildman–Crippen LogP) is 2.66. The van der Waals surface area contributed by atoms with Crippen LogP contribution in [0.5, 0.6) is 17.2 Å². The highest BCUT2D eigenvalue weighted by atomic mass is 16.5. The number of carbonyl (C=O) groups is 1. The summed E-state index contributed by atoms with van der Waals surface area (Å²) in [6.07, 6.45) is 2.40. The fraction of sp³-hybridized carbons (Fsp3) is 0.611. The van der Waals surface area contributed by atoms with Crippen molar-refractivity contribution in [3.8, 4) is 17.2 Å². The summed E-state index contributed by atoms with van der Waals surface area (Å²) in [6, 6.07) is 3.36. The number of nitrogens with zero attached hydrogens (tertiary/aromatic N) is 2. The molecule has 140 valence electrons. The van der Waals surface area contributed by atoms with Crippen molar-refractivity contribution in [3.63, 3.8) is 0 Å². The summed E-state index contributed by atoms with van der Waals surface area (Å²) in [5.74, 6) is 1.54. The number of anilines is 1. The van der Waals surface area contributed by atoms with Crippen LogP contribution in [0.1, 0.15) is 19.8 Å². The molecule has 2 amide bonds. The first kappa shape index (κ1) is 19.2. The van der Waals surface area contributed by atoms with Gasteiger partial charge in [0.2, 0.25) is 5.75 Å². The monoisotopic (exact) mass is 351 g/mol. The summed E-state index contributed by atoms with van der Waals surface area (Å²) in [4.78, 5) is 16.8. The van der Waals surface area contributed by atoms with Crippen LogP contribution in [0, 0.1) is 0 Å². The Morgan fingerprint density at radius 2 is 1.64 bits per heavy atom. The zero-order valence-corrected chi connectivity index (χ0v) is 15.6. The SMILES string of the molecule is CCCCN1CCN(C(=O)Nc2cc(OC)c(OC)c(OC)c2)CC1. The van der Waals surface area contributed by atoms with Gasteiger partial charge in [-0.25, -0.2) is 4.79 Å². The van der Waals surface area contributed by atoms with E-state index in [-0.39, 0.29) is 6.03 Å². The molecule has 7 nitrogen and oxygen atoms in total. The Morgan fingerprint density at radius 3 is 2.12 bits per heavy atom. The molecular weight excluding hydrogens is 322 g/mol. The average Bonchev–Trinajstić information content (AvgIpc) is 2.65. The summed E-state index contributed by atoms with van der Waals surface area (Å²) in [6.45, 7) is 6.62. The van der Waals surface area contributed by atoms with Crippen LogP contribution in [0.25, 0.3) is 0 Å². The van der Waals surface area contributed by atoms with Crippen molar-refractivity contribution in [1.29, 1.82) is 0 Å². The molecule has 25 heavy (non-hydrogen) atoms. The first-order valence-electron chi connectivity index (χ1n) is 8.71. The number of amides is 2. The minimum atomic E-state index is -0.107. The Bertz CT molecular complexity index is 546. The lowest BCUT2D eigenvalue weighted by Gasteiger charge is -2.34. The van der Waals surface area contributed by atoms with Gasteiger partial charge in [-0.15, -0.1) is 0 Å². The zero-order chi connectivity index (χ0) is 18.2. The number of methoxy groups -OCH3 is 3. The Kier molecular flexibility index (Phi) is 7.18. The van der Waals surface area contributed by atoms with Crippen molar-refractivity contribution >= 4 is 11.7 Å². The van der Waals surface area contributed by atoms with Gasteiger partial charge in [0.05, 0.1) is 27.0 Å². The second kappa shape index (κ2) is 9.36. The molecule has 7 heteroatoms. The molecule has 0 saturated carbocycles. The molecule has 0 radical (unpaired) electrons. The molecule has 0 unspecified atom stereocenters. The molecule has 1 saturated heterocycles. The summed E-state index contributed by atoms with van der Waals surface area (Å²) in [5, 5.41) is 2.92. The van der Waals surface area contributed by atoms with Crippen molar-refractivity contribution in [1.82, 2.24) is 9.80 Å². The van der Waals surface area contributed by atoms with E-state index in [2.05, 4.69) is 17.1 Å². The molecule has 1 heterocycles. The fourth-order valence-electron chi connectivity index (χ4n) is 2.91. The van der Waals surface area contributed by atoms with E-state index in [1.165, 1.54) is 12.8 Å². The lowest BCUT2D eigenvalue weighted by atomic mass is 10.2. The van der Waals surface area contributed by atoms with E-state index in [1.807, 2.05) is 4.90 Å². The molecular formula is C18H29N3O4. The first-order chi connectivity index (χ1) is 12.1. The highest BCUT2D eigenvalue weighted by Crippen LogP contribution is 2.39. The molecule has 0 aromatic heterocycles. The molecule has 0 spiro atoms. The number of urea groups is 1. The van der Waals surface area contributed by atoms with Crippen LogP contribution in [0.3, 0.4) is 0 Å². The second-order valence-electron chi connectivity index (χ2n) is 6.03. The second-order valence-corrected chi connectivity index (χ2v) is 6.03. The van der Waals surface area contributed by atoms with Gasteiger partial charge >= 0.3 is 6.03 Å². The van der Waals surface area contributed by atoms with E-state index >= 15 is 0 Å². The van der Waals surface area contributed by atoms with Gasteiger partial charge in [0.1, 0.15) is 0 Å². The summed E-state index contributed by atoms with van der Waals surface area (Å²) in [5.41, 5.74) is 0.618. The molecule has 1 aliphatic rings. The summed E-state index contributed by atoms with van der Waals surface area (Å²) in [7, 11) is 4.66. The molecule has 1 N–H and O–H groups in total. The van der Waals surface area contributed by atoms with Crippen molar-refractivity contribution in [3.05, 3.63) is 12.1 Å². The van der Waals surface area contributed by atoms with E-state index in [4.69, 9.17) is 14.2 Å². The fourth-order valence-corrected chi connectivity index (χ4v) is 2.91. The maximum atomic E-state index is 12.5. The molecule has 1 aliphatic heterocycles. The highest BCUT2D eigenvalue weighted by molar-refractivity contribution is 5.90. The maximum absolute atomic E-state index is 12.5. The van der Waals surface area contributed by atoms with E-state index < -0.39 is 0 Å². The summed E-state index contributed by atoms with van der Waals surface area (Å²) < 4.78 is 15.9. The molecule has 0 bridgehead atoms. The molecule has 1 fully saturated rings. The van der Waals surface area contributed by atoms with Gasteiger partial charge in [-0.1, -0.05) is 13.3 Å². The van der Waals surface area contributed by atoms with Gasteiger partial charge < -0.3 is 24.4 Å². The van der Waals surface area contributed by atoms with E-state index in [0.29, 0.717) is 22.9 Å². The minimum absolute atomic E-state index is 0.107. The third kappa shape index (κ3) is 4.92. The lowest BCUT2D eigenvalue weighted by molar-refractivity contribution is 0.146. The Labute approximate surface area is 149 Å². The maximum Gasteiger partial charge on any atom is 0.321 e. The number of carbonyl (C=O) groups excluding carboxylic acids is 1. The standard InChI is InChI=1S/C18H29N3O4/c1-5-6-7-20-8-10-21(11-9-20)18(22)19-14-12-15(23-2)17(25-4)16(13-14)24-3/h12-13H,5-11H2,1-4H3,(H,19,22). The number of hydrogen-bond donors (Lipinski definition) is 1. The molecule has 1 aromatic rings. The van der Waals surface area contributed by atoms with Crippen LogP contribution in [0.2, 0.25) is 0 Å². The van der Waals surface area contributed by atoms with Gasteiger partial charge in [0, 0.05) is 38.3 Å². The van der Waals surface area contributed by atoms with Crippen molar-refractivity contribution < 1.29 is 19.0 Å². The minimum Gasteiger partial charge on any atom is -0.493 e. The number of piperazine rings is 1. The third-order valence-corrected chi connectivity index (χ3v) is 4.40. The number of ether oxygens (including phenoxy) is 3. The van der Waals surface area contributed by atoms with Gasteiger partial charge in [-0.2, -0.15) is 0 Å². The van der Waals surface area contributed by atoms with E-state index in [1.54, 1.807) is 33.5 Å². The van der Waals surface area contributed by atoms with Crippen LogP contribution in [-0.4, -0.2) is 69.9 Å². The highest BCUT2D eigenvalue weighted by Gasteiger charge is 2.22. The topological polar surface area (TPSA) is 63.3 Å². The van der Waals surface area contributed by atoms with Crippen molar-refractivity contribution in [2.24, 2.45) is 0 Å². The van der Waals surface area contributed by atoms with Gasteiger partial charge in [0.15, 0.2) is 11.5 Å². The van der Waals surface area contributed by atoms with Crippen LogP contribution < -0.4 is 19.5 Å². The number of benzene rings is 1. The number of unbranched alkanes of at least 4 members (excludes halogenated alkanes) is 1. The lowest BCUT2D eigenvalue weighted by Crippen LogP contribution is -2.50. The largest absolute Gasteiger partial charge is 0.493 e. The van der Waals surface area contributed by atoms with Crippen LogP contribution in [0.15, 0.2) is 12.1 Å². The van der Waals surface area contributed by atoms with E-state index in [0.717, 1.165) is 32.7 Å². The Hall–Kier alpha value is -2.15. The molecule has 0 aliphatic carbocycles. The normalized spacial score (nSPS) is 15.0. The van der Waals surface area contributed by atoms with Gasteiger partial charge in [-0.05, 0) is 13.0 Å². The first-order valence-corrected chi connectivity index (χ1v) is 8.71. The Morgan fingerprint density at radius 1 is 1.04 bits per heavy atom. The Balaban J connectivity index is 1.99. The van der Waals surface area contributed by atoms with E-state index in [9.17, 15) is 4.79 Å².